The third kappa shape index (κ3) is 4.56. The van der Waals surface area contributed by atoms with Crippen LogP contribution in [0.25, 0.3) is 0 Å². The number of hydrogen-bond donors (Lipinski definition) is 2. The monoisotopic (exact) mass is 435 g/mol. The molecule has 0 radical (unpaired) electrons. The number of fused-ring (bicyclic) bond motifs is 1. The minimum absolute atomic E-state index is 0.0284. The number of para-hydroxylation sites is 1. The van der Waals surface area contributed by atoms with Crippen LogP contribution >= 0.6 is 0 Å². The molecule has 0 fully saturated rings. The molecule has 1 aliphatic rings. The van der Waals surface area contributed by atoms with E-state index in [1.165, 1.54) is 24.3 Å². The van der Waals surface area contributed by atoms with Gasteiger partial charge in [0, 0.05) is 30.2 Å². The molecule has 0 atom stereocenters. The lowest BCUT2D eigenvalue weighted by molar-refractivity contribution is -0.136. The number of phenols is 1. The summed E-state index contributed by atoms with van der Waals surface area (Å²) < 4.78 is 20.1. The minimum atomic E-state index is -0.979. The highest BCUT2D eigenvalue weighted by Gasteiger charge is 2.28. The Balaban J connectivity index is 1.52. The normalized spacial score (nSPS) is 12.5. The molecule has 1 amide bonds. The number of aryl methyl sites for hydroxylation is 1. The van der Waals surface area contributed by atoms with Crippen molar-refractivity contribution in [1.82, 2.24) is 0 Å². The summed E-state index contributed by atoms with van der Waals surface area (Å²) in [4.78, 5) is 25.4. The second-order valence-corrected chi connectivity index (χ2v) is 7.62. The number of phenolic OH excluding ortho intramolecular Hbond substituents is 1. The predicted octanol–water partition coefficient (Wildman–Crippen LogP) is 4.33. The Kier molecular flexibility index (Phi) is 6.07. The van der Waals surface area contributed by atoms with Crippen molar-refractivity contribution in [2.24, 2.45) is 0 Å². The van der Waals surface area contributed by atoms with Crippen LogP contribution < -0.4 is 9.64 Å². The van der Waals surface area contributed by atoms with Crippen molar-refractivity contribution >= 4 is 17.6 Å². The van der Waals surface area contributed by atoms with Gasteiger partial charge in [0.1, 0.15) is 23.9 Å². The molecule has 0 unspecified atom stereocenters. The number of rotatable bonds is 7. The summed E-state index contributed by atoms with van der Waals surface area (Å²) in [6.45, 7) is 0.661. The van der Waals surface area contributed by atoms with Crippen LogP contribution in [0.5, 0.6) is 11.5 Å². The number of aromatic hydroxyl groups is 1. The smallest absolute Gasteiger partial charge is 0.303 e. The molecular weight excluding hydrogens is 413 g/mol. The molecule has 32 heavy (non-hydrogen) atoms. The van der Waals surface area contributed by atoms with Gasteiger partial charge in [-0.1, -0.05) is 30.3 Å². The van der Waals surface area contributed by atoms with E-state index in [4.69, 9.17) is 9.84 Å². The fourth-order valence-electron chi connectivity index (χ4n) is 3.87. The Hall–Kier alpha value is -3.87. The van der Waals surface area contributed by atoms with E-state index in [1.807, 2.05) is 18.2 Å². The van der Waals surface area contributed by atoms with Gasteiger partial charge in [0.25, 0.3) is 5.91 Å². The lowest BCUT2D eigenvalue weighted by Gasteiger charge is -2.21. The van der Waals surface area contributed by atoms with Crippen molar-refractivity contribution in [1.29, 1.82) is 0 Å². The van der Waals surface area contributed by atoms with Crippen molar-refractivity contribution < 1.29 is 28.9 Å². The fourth-order valence-corrected chi connectivity index (χ4v) is 3.87. The number of halogens is 1. The van der Waals surface area contributed by atoms with Crippen LogP contribution in [0.4, 0.5) is 10.1 Å². The molecule has 0 bridgehead atoms. The van der Waals surface area contributed by atoms with Gasteiger partial charge in [-0.05, 0) is 48.2 Å². The van der Waals surface area contributed by atoms with E-state index in [0.29, 0.717) is 29.8 Å². The van der Waals surface area contributed by atoms with E-state index < -0.39 is 11.8 Å². The summed E-state index contributed by atoms with van der Waals surface area (Å²) in [7, 11) is 0. The third-order valence-electron chi connectivity index (χ3n) is 5.44. The van der Waals surface area contributed by atoms with E-state index in [0.717, 1.165) is 16.8 Å². The zero-order chi connectivity index (χ0) is 22.7. The standard InChI is InChI=1S/C25H22FNO5/c26-22-14-21(9-7-16(22)8-10-23(29)30)32-15-19-5-1-3-17-11-12-27(24(17)19)25(31)18-4-2-6-20(28)13-18/h1-7,9,13-14,28H,8,10-12,15H2,(H,29,30). The van der Waals surface area contributed by atoms with Crippen LogP contribution in [0, 0.1) is 5.82 Å². The summed E-state index contributed by atoms with van der Waals surface area (Å²) in [6, 6.07) is 16.4. The number of carboxylic acid groups (broad SMARTS) is 1. The summed E-state index contributed by atoms with van der Waals surface area (Å²) >= 11 is 0. The molecule has 3 aromatic carbocycles. The fraction of sp³-hybridized carbons (Fsp3) is 0.200. The van der Waals surface area contributed by atoms with Crippen LogP contribution in [0.2, 0.25) is 0 Å². The highest BCUT2D eigenvalue weighted by molar-refractivity contribution is 6.08. The SMILES string of the molecule is O=C(O)CCc1ccc(OCc2cccc3c2N(C(=O)c2cccc(O)c2)CC3)cc1F. The number of amides is 1. The van der Waals surface area contributed by atoms with Gasteiger partial charge in [0.15, 0.2) is 0 Å². The first-order valence-corrected chi connectivity index (χ1v) is 10.3. The van der Waals surface area contributed by atoms with Crippen molar-refractivity contribution in [2.45, 2.75) is 25.9 Å². The number of carbonyl (C=O) groups excluding carboxylic acids is 1. The molecule has 164 valence electrons. The second-order valence-electron chi connectivity index (χ2n) is 7.62. The Bertz CT molecular complexity index is 1180. The lowest BCUT2D eigenvalue weighted by Crippen LogP contribution is -2.29. The Morgan fingerprint density at radius 2 is 1.84 bits per heavy atom. The number of carbonyl (C=O) groups is 2. The van der Waals surface area contributed by atoms with Gasteiger partial charge >= 0.3 is 5.97 Å². The van der Waals surface area contributed by atoms with E-state index in [9.17, 15) is 19.1 Å². The van der Waals surface area contributed by atoms with Crippen molar-refractivity contribution in [3.8, 4) is 11.5 Å². The maximum atomic E-state index is 14.3. The van der Waals surface area contributed by atoms with Gasteiger partial charge in [-0.2, -0.15) is 0 Å². The summed E-state index contributed by atoms with van der Waals surface area (Å²) in [6.07, 6.45) is 0.677. The number of carboxylic acids is 1. The van der Waals surface area contributed by atoms with Crippen LogP contribution in [0.3, 0.4) is 0 Å². The topological polar surface area (TPSA) is 87.1 Å². The zero-order valence-electron chi connectivity index (χ0n) is 17.3. The number of anilines is 1. The first kappa shape index (κ1) is 21.4. The van der Waals surface area contributed by atoms with Crippen LogP contribution in [-0.4, -0.2) is 28.6 Å². The molecule has 2 N–H and O–H groups in total. The van der Waals surface area contributed by atoms with Crippen molar-refractivity contribution in [2.75, 3.05) is 11.4 Å². The number of hydrogen-bond acceptors (Lipinski definition) is 4. The van der Waals surface area contributed by atoms with Gasteiger partial charge in [0.05, 0.1) is 5.69 Å². The maximum absolute atomic E-state index is 14.3. The molecule has 6 nitrogen and oxygen atoms in total. The van der Waals surface area contributed by atoms with Crippen LogP contribution in [-0.2, 0) is 24.2 Å². The molecule has 1 aliphatic heterocycles. The van der Waals surface area contributed by atoms with E-state index >= 15 is 0 Å². The van der Waals surface area contributed by atoms with E-state index in [-0.39, 0.29) is 31.1 Å². The van der Waals surface area contributed by atoms with Gasteiger partial charge in [0.2, 0.25) is 0 Å². The Morgan fingerprint density at radius 3 is 2.59 bits per heavy atom. The highest BCUT2D eigenvalue weighted by Crippen LogP contribution is 2.34. The Labute approximate surface area is 184 Å². The molecule has 7 heteroatoms. The van der Waals surface area contributed by atoms with E-state index in [2.05, 4.69) is 0 Å². The number of aliphatic carboxylic acids is 1. The number of nitrogens with zero attached hydrogens (tertiary/aromatic N) is 1. The second kappa shape index (κ2) is 9.09. The van der Waals surface area contributed by atoms with Gasteiger partial charge in [-0.25, -0.2) is 4.39 Å². The third-order valence-corrected chi connectivity index (χ3v) is 5.44. The first-order chi connectivity index (χ1) is 15.4. The van der Waals surface area contributed by atoms with Crippen molar-refractivity contribution in [3.05, 3.63) is 88.7 Å². The minimum Gasteiger partial charge on any atom is -0.508 e. The summed E-state index contributed by atoms with van der Waals surface area (Å²) in [5.41, 5.74) is 3.31. The quantitative estimate of drug-likeness (QED) is 0.577. The first-order valence-electron chi connectivity index (χ1n) is 10.3. The van der Waals surface area contributed by atoms with E-state index in [1.54, 1.807) is 23.1 Å². The van der Waals surface area contributed by atoms with Crippen LogP contribution in [0.1, 0.15) is 33.5 Å². The molecule has 1 heterocycles. The molecular formula is C25H22FNO5. The number of benzene rings is 3. The Morgan fingerprint density at radius 1 is 1.03 bits per heavy atom. The van der Waals surface area contributed by atoms with Gasteiger partial charge < -0.3 is 19.8 Å². The number of ether oxygens (including phenoxy) is 1. The maximum Gasteiger partial charge on any atom is 0.303 e. The summed E-state index contributed by atoms with van der Waals surface area (Å²) in [5, 5.41) is 18.5. The molecule has 3 aromatic rings. The average Bonchev–Trinajstić information content (AvgIpc) is 3.21. The van der Waals surface area contributed by atoms with Gasteiger partial charge in [-0.15, -0.1) is 0 Å². The predicted molar refractivity (Wildman–Crippen MR) is 117 cm³/mol. The summed E-state index contributed by atoms with van der Waals surface area (Å²) in [5.74, 6) is -1.35. The molecule has 0 aliphatic carbocycles. The zero-order valence-corrected chi connectivity index (χ0v) is 17.3. The van der Waals surface area contributed by atoms with Gasteiger partial charge in [-0.3, -0.25) is 9.59 Å². The molecule has 0 spiro atoms. The molecule has 0 saturated carbocycles. The van der Waals surface area contributed by atoms with Crippen LogP contribution in [0.15, 0.2) is 60.7 Å². The molecule has 4 rings (SSSR count). The lowest BCUT2D eigenvalue weighted by atomic mass is 10.1. The molecule has 0 saturated heterocycles. The highest BCUT2D eigenvalue weighted by atomic mass is 19.1. The average molecular weight is 435 g/mol. The molecule has 0 aromatic heterocycles. The largest absolute Gasteiger partial charge is 0.508 e. The van der Waals surface area contributed by atoms with Crippen molar-refractivity contribution in [3.63, 3.8) is 0 Å².